The van der Waals surface area contributed by atoms with Gasteiger partial charge in [0.15, 0.2) is 0 Å². The second-order valence-corrected chi connectivity index (χ2v) is 12.6. The summed E-state index contributed by atoms with van der Waals surface area (Å²) in [5.41, 5.74) is 5.12. The summed E-state index contributed by atoms with van der Waals surface area (Å²) in [6.07, 6.45) is 39.3. The van der Waals surface area contributed by atoms with Crippen molar-refractivity contribution in [1.29, 1.82) is 0 Å². The molecule has 4 nitrogen and oxygen atoms in total. The molecule has 2 heterocycles. The van der Waals surface area contributed by atoms with Gasteiger partial charge in [0.05, 0.1) is 18.9 Å². The Hall–Kier alpha value is -4.62. The van der Waals surface area contributed by atoms with Gasteiger partial charge in [-0.15, -0.1) is 0 Å². The molecule has 3 aromatic rings. The van der Waals surface area contributed by atoms with Crippen LogP contribution in [0.3, 0.4) is 0 Å². The van der Waals surface area contributed by atoms with Gasteiger partial charge in [-0.05, 0) is 78.1 Å². The SMILES string of the molecule is C1=CCC=c2[nH]ccc2=C1.C=C\C=C(OP)/C(C(=C(/C)OP)/c1ccccc1C=C)=C1/C=CC=CC1.C=c1cc[nH]/c1=C/C=C\C.CC.CCC.CCCCC. The summed E-state index contributed by atoms with van der Waals surface area (Å²) in [7, 11) is 4.66. The molecule has 5 rings (SSSR count). The fourth-order valence-electron chi connectivity index (χ4n) is 5.16. The number of hydrogen-bond acceptors (Lipinski definition) is 2. The van der Waals surface area contributed by atoms with Gasteiger partial charge in [-0.1, -0.05) is 184 Å². The lowest BCUT2D eigenvalue weighted by molar-refractivity contribution is 0.495. The molecule has 0 spiro atoms. The largest absolute Gasteiger partial charge is 0.484 e. The molecule has 2 aliphatic carbocycles. The van der Waals surface area contributed by atoms with Gasteiger partial charge in [0.2, 0.25) is 0 Å². The number of aromatic amines is 2. The Morgan fingerprint density at radius 2 is 1.59 bits per heavy atom. The molecule has 0 radical (unpaired) electrons. The van der Waals surface area contributed by atoms with E-state index in [2.05, 4.69) is 125 Å². The van der Waals surface area contributed by atoms with E-state index in [1.54, 1.807) is 6.08 Å². The average molecular weight is 793 g/mol. The van der Waals surface area contributed by atoms with E-state index in [1.807, 2.05) is 107 Å². The molecule has 56 heavy (non-hydrogen) atoms. The second kappa shape index (κ2) is 33.7. The molecule has 0 aliphatic heterocycles. The molecule has 0 amide bonds. The van der Waals surface area contributed by atoms with Gasteiger partial charge in [-0.2, -0.15) is 0 Å². The molecule has 1 aromatic carbocycles. The van der Waals surface area contributed by atoms with Crippen molar-refractivity contribution in [3.05, 3.63) is 178 Å². The number of H-pyrrole nitrogens is 2. The minimum Gasteiger partial charge on any atom is -0.484 e. The van der Waals surface area contributed by atoms with E-state index in [0.29, 0.717) is 5.76 Å². The molecule has 0 bridgehead atoms. The highest BCUT2D eigenvalue weighted by molar-refractivity contribution is 7.10. The Morgan fingerprint density at radius 3 is 2.12 bits per heavy atom. The Balaban J connectivity index is 0.000000820. The Kier molecular flexibility index (Phi) is 30.9. The second-order valence-electron chi connectivity index (χ2n) is 12.2. The summed E-state index contributed by atoms with van der Waals surface area (Å²) < 4.78 is 11.2. The molecule has 302 valence electrons. The van der Waals surface area contributed by atoms with Crippen molar-refractivity contribution in [3.63, 3.8) is 0 Å². The Morgan fingerprint density at radius 1 is 0.893 bits per heavy atom. The number of hydrogen-bond donors (Lipinski definition) is 2. The number of allylic oxidation sites excluding steroid dienone is 13. The summed E-state index contributed by atoms with van der Waals surface area (Å²) in [5, 5.41) is 4.65. The molecule has 0 saturated carbocycles. The first-order valence-electron chi connectivity index (χ1n) is 19.8. The summed E-state index contributed by atoms with van der Waals surface area (Å²) in [6, 6.07) is 12.1. The molecule has 2 N–H and O–H groups in total. The van der Waals surface area contributed by atoms with Gasteiger partial charge in [0, 0.05) is 34.2 Å². The monoisotopic (exact) mass is 792 g/mol. The van der Waals surface area contributed by atoms with Crippen LogP contribution in [0.5, 0.6) is 0 Å². The lowest BCUT2D eigenvalue weighted by atomic mass is 9.86. The van der Waals surface area contributed by atoms with Crippen molar-refractivity contribution in [2.24, 2.45) is 0 Å². The maximum atomic E-state index is 5.65. The first kappa shape index (κ1) is 51.4. The molecular weight excluding hydrogens is 723 g/mol. The third-order valence-electron chi connectivity index (χ3n) is 7.79. The zero-order chi connectivity index (χ0) is 42.0. The number of nitrogens with one attached hydrogen (secondary N) is 2. The van der Waals surface area contributed by atoms with Gasteiger partial charge in [0.25, 0.3) is 0 Å². The van der Waals surface area contributed by atoms with E-state index in [-0.39, 0.29) is 0 Å². The van der Waals surface area contributed by atoms with Gasteiger partial charge < -0.3 is 19.0 Å². The maximum Gasteiger partial charge on any atom is 0.130 e. The highest BCUT2D eigenvalue weighted by Crippen LogP contribution is 2.39. The average Bonchev–Trinajstić information content (AvgIpc) is 3.81. The van der Waals surface area contributed by atoms with Crippen LogP contribution in [0.1, 0.15) is 105 Å². The topological polar surface area (TPSA) is 50.0 Å². The van der Waals surface area contributed by atoms with Crippen LogP contribution in [-0.4, -0.2) is 9.97 Å². The minimum absolute atomic E-state index is 0.704. The van der Waals surface area contributed by atoms with E-state index < -0.39 is 0 Å². The number of fused-ring (bicyclic) bond motifs is 1. The van der Waals surface area contributed by atoms with Crippen molar-refractivity contribution in [1.82, 2.24) is 9.97 Å². The first-order valence-corrected chi connectivity index (χ1v) is 20.8. The van der Waals surface area contributed by atoms with E-state index in [9.17, 15) is 0 Å². The molecule has 2 aromatic heterocycles. The van der Waals surface area contributed by atoms with Crippen molar-refractivity contribution >= 4 is 55.4 Å². The quantitative estimate of drug-likeness (QED) is 0.122. The molecular formula is C50H70N2O2P2. The van der Waals surface area contributed by atoms with Crippen LogP contribution in [0, 0.1) is 0 Å². The van der Waals surface area contributed by atoms with E-state index >= 15 is 0 Å². The number of benzene rings is 1. The van der Waals surface area contributed by atoms with Crippen molar-refractivity contribution in [2.45, 2.75) is 93.9 Å². The fraction of sp³-hybridized carbons (Fsp3) is 0.280. The summed E-state index contributed by atoms with van der Waals surface area (Å²) in [5.74, 6) is 1.47. The normalized spacial score (nSPS) is 13.9. The standard InChI is InChI=1S/C22H24O2P2.C9H9N.C9H11N.C5H12.C3H8.C2H6/c1-4-11-20(24-26)22(18-13-7-6-8-14-18)21(16(3)23-25)19-15-10-9-12-17(19)5-2;1-2-4-8-6-7-10-9(8)5-3-1;1-3-4-5-9-8(2)6-7-10-9;1-3-5-4-2;1-3-2;1-2/h4-13,15H,1-2,14,25-26H2,3H3;1-2,4-7,10H,3H2;3-7,10H,2H2,1H3;3-5H2,1-2H3;3H2,1-2H3;1-2H3/b20-11+,21-16-,22-18+;;4-3-,9-5+;;;. The molecule has 0 fully saturated rings. The lowest BCUT2D eigenvalue weighted by Crippen LogP contribution is -2.20. The predicted molar refractivity (Wildman–Crippen MR) is 259 cm³/mol. The minimum atomic E-state index is 0.704. The molecule has 0 saturated heterocycles. The molecule has 2 unspecified atom stereocenters. The van der Waals surface area contributed by atoms with Crippen LogP contribution in [0.25, 0.3) is 36.5 Å². The predicted octanol–water partition coefficient (Wildman–Crippen LogP) is 12.5. The lowest BCUT2D eigenvalue weighted by Gasteiger charge is -2.22. The van der Waals surface area contributed by atoms with E-state index in [1.165, 1.54) is 36.3 Å². The van der Waals surface area contributed by atoms with Crippen LogP contribution in [0.2, 0.25) is 0 Å². The molecule has 2 atom stereocenters. The van der Waals surface area contributed by atoms with Crippen molar-refractivity contribution in [3.8, 4) is 0 Å². The smallest absolute Gasteiger partial charge is 0.130 e. The Bertz CT molecular complexity index is 2010. The Labute approximate surface area is 344 Å². The third-order valence-corrected chi connectivity index (χ3v) is 8.40. The van der Waals surface area contributed by atoms with Crippen LogP contribution in [0.15, 0.2) is 145 Å². The van der Waals surface area contributed by atoms with Gasteiger partial charge in [0.1, 0.15) is 11.5 Å². The number of aromatic nitrogens is 2. The van der Waals surface area contributed by atoms with Crippen LogP contribution < -0.4 is 21.1 Å². The number of rotatable bonds is 10. The number of unbranched alkanes of at least 4 members (excludes halogenated alkanes) is 2. The third kappa shape index (κ3) is 19.3. The summed E-state index contributed by atoms with van der Waals surface area (Å²) in [6.45, 7) is 28.2. The van der Waals surface area contributed by atoms with Crippen molar-refractivity contribution < 1.29 is 9.05 Å². The highest BCUT2D eigenvalue weighted by atomic mass is 31.0. The first-order chi connectivity index (χ1) is 27.3. The van der Waals surface area contributed by atoms with Crippen LogP contribution in [0.4, 0.5) is 0 Å². The van der Waals surface area contributed by atoms with Crippen LogP contribution in [-0.2, 0) is 9.05 Å². The molecule has 6 heteroatoms. The van der Waals surface area contributed by atoms with Crippen LogP contribution >= 0.6 is 18.9 Å². The molecule has 2 aliphatic rings. The van der Waals surface area contributed by atoms with E-state index in [0.717, 1.165) is 57.0 Å². The highest BCUT2D eigenvalue weighted by Gasteiger charge is 2.22. The van der Waals surface area contributed by atoms with E-state index in [4.69, 9.17) is 9.05 Å². The summed E-state index contributed by atoms with van der Waals surface area (Å²) >= 11 is 0. The zero-order valence-electron chi connectivity index (χ0n) is 35.5. The fourth-order valence-corrected chi connectivity index (χ4v) is 5.47. The summed E-state index contributed by atoms with van der Waals surface area (Å²) in [4.78, 5) is 6.24. The van der Waals surface area contributed by atoms with Crippen molar-refractivity contribution in [2.75, 3.05) is 0 Å². The maximum absolute atomic E-state index is 5.65. The van der Waals surface area contributed by atoms with Gasteiger partial charge in [-0.25, -0.2) is 0 Å². The van der Waals surface area contributed by atoms with Gasteiger partial charge in [-0.3, -0.25) is 0 Å². The zero-order valence-corrected chi connectivity index (χ0v) is 37.8. The van der Waals surface area contributed by atoms with Gasteiger partial charge >= 0.3 is 0 Å².